The summed E-state index contributed by atoms with van der Waals surface area (Å²) in [6.45, 7) is 0.749. The lowest BCUT2D eigenvalue weighted by Crippen LogP contribution is -2.12. The molecule has 7 nitrogen and oxygen atoms in total. The number of nitrogens with zero attached hydrogens (tertiary/aromatic N) is 4. The van der Waals surface area contributed by atoms with Gasteiger partial charge in [0.1, 0.15) is 11.6 Å². The summed E-state index contributed by atoms with van der Waals surface area (Å²) in [5.74, 6) is 0.859. The van der Waals surface area contributed by atoms with Crippen molar-refractivity contribution in [2.45, 2.75) is 32.2 Å². The highest BCUT2D eigenvalue weighted by molar-refractivity contribution is 6.30. The topological polar surface area (TPSA) is 85.8 Å². The molecule has 0 aliphatic carbocycles. The van der Waals surface area contributed by atoms with Crippen molar-refractivity contribution in [1.29, 1.82) is 0 Å². The molecule has 1 N–H and O–H groups in total. The largest absolute Gasteiger partial charge is 0.355 e. The van der Waals surface area contributed by atoms with Crippen LogP contribution in [0, 0.1) is 5.82 Å². The minimum absolute atomic E-state index is 0.0993. The molecule has 0 saturated carbocycles. The van der Waals surface area contributed by atoms with Gasteiger partial charge in [0.15, 0.2) is 17.3 Å². The Morgan fingerprint density at radius 3 is 2.88 bits per heavy atom. The van der Waals surface area contributed by atoms with Gasteiger partial charge in [-0.15, -0.1) is 10.2 Å². The van der Waals surface area contributed by atoms with Gasteiger partial charge >= 0.3 is 0 Å². The van der Waals surface area contributed by atoms with Gasteiger partial charge in [-0.25, -0.2) is 4.39 Å². The predicted octanol–water partition coefficient (Wildman–Crippen LogP) is 5.37. The Morgan fingerprint density at radius 2 is 2.00 bits per heavy atom. The van der Waals surface area contributed by atoms with Crippen LogP contribution in [0.4, 0.5) is 10.1 Å². The Labute approximate surface area is 188 Å². The first-order valence-electron chi connectivity index (χ1n) is 10.3. The molecule has 2 aromatic heterocycles. The number of amides is 1. The quantitative estimate of drug-likeness (QED) is 0.450. The molecule has 3 heterocycles. The number of hydrogen-bond donors (Lipinski definition) is 1. The van der Waals surface area contributed by atoms with Crippen molar-refractivity contribution in [1.82, 2.24) is 19.9 Å². The van der Waals surface area contributed by atoms with Crippen LogP contribution in [0.25, 0.3) is 22.7 Å². The Morgan fingerprint density at radius 1 is 1.09 bits per heavy atom. The Kier molecular flexibility index (Phi) is 5.45. The Balaban J connectivity index is 1.39. The smallest absolute Gasteiger partial charge is 0.277 e. The second kappa shape index (κ2) is 8.55. The third-order valence-corrected chi connectivity index (χ3v) is 5.66. The average Bonchev–Trinajstić information content (AvgIpc) is 3.37. The fourth-order valence-electron chi connectivity index (χ4n) is 3.81. The predicted molar refractivity (Wildman–Crippen MR) is 118 cm³/mol. The number of carbonyl (C=O) groups excluding carboxylic acids is 1. The normalized spacial score (nSPS) is 13.4. The van der Waals surface area contributed by atoms with Gasteiger partial charge in [-0.05, 0) is 43.2 Å². The molecule has 0 saturated heterocycles. The average molecular weight is 452 g/mol. The molecular formula is C23H19ClFN5O2. The van der Waals surface area contributed by atoms with Gasteiger partial charge in [0.2, 0.25) is 0 Å². The summed E-state index contributed by atoms with van der Waals surface area (Å²) < 4.78 is 21.9. The number of nitrogens with one attached hydrogen (secondary N) is 1. The molecule has 0 unspecified atom stereocenters. The standard InChI is InChI=1S/C23H19ClFN5O2/c24-15-6-4-5-14(11-15)20-13-19(29-32-20)23(31)26-16-8-9-18(25)17(12-16)22-28-27-21-7-2-1-3-10-30(21)22/h4-6,8-9,11-13H,1-3,7,10H2,(H,26,31). The fourth-order valence-corrected chi connectivity index (χ4v) is 4.00. The maximum atomic E-state index is 14.7. The number of anilines is 1. The van der Waals surface area contributed by atoms with Gasteiger partial charge in [-0.3, -0.25) is 4.79 Å². The zero-order chi connectivity index (χ0) is 22.1. The van der Waals surface area contributed by atoms with E-state index in [9.17, 15) is 9.18 Å². The van der Waals surface area contributed by atoms with E-state index < -0.39 is 11.7 Å². The van der Waals surface area contributed by atoms with E-state index >= 15 is 0 Å². The number of carbonyl (C=O) groups is 1. The van der Waals surface area contributed by atoms with E-state index in [0.29, 0.717) is 33.4 Å². The summed E-state index contributed by atoms with van der Waals surface area (Å²) in [5.41, 5.74) is 1.52. The molecular weight excluding hydrogens is 433 g/mol. The molecule has 4 aromatic rings. The lowest BCUT2D eigenvalue weighted by atomic mass is 10.1. The molecule has 0 spiro atoms. The van der Waals surface area contributed by atoms with Crippen LogP contribution in [0.1, 0.15) is 35.6 Å². The number of benzene rings is 2. The first kappa shape index (κ1) is 20.4. The van der Waals surface area contributed by atoms with Crippen molar-refractivity contribution in [2.75, 3.05) is 5.32 Å². The molecule has 0 atom stereocenters. The summed E-state index contributed by atoms with van der Waals surface area (Å²) in [6.07, 6.45) is 3.98. The van der Waals surface area contributed by atoms with Crippen LogP contribution >= 0.6 is 11.6 Å². The van der Waals surface area contributed by atoms with Crippen LogP contribution < -0.4 is 5.32 Å². The number of fused-ring (bicyclic) bond motifs is 1. The molecule has 2 aromatic carbocycles. The van der Waals surface area contributed by atoms with Crippen LogP contribution in [-0.4, -0.2) is 25.8 Å². The molecule has 1 amide bonds. The van der Waals surface area contributed by atoms with Gasteiger partial charge in [0.05, 0.1) is 5.56 Å². The third kappa shape index (κ3) is 4.01. The van der Waals surface area contributed by atoms with Crippen LogP contribution in [0.3, 0.4) is 0 Å². The maximum absolute atomic E-state index is 14.7. The molecule has 5 rings (SSSR count). The summed E-state index contributed by atoms with van der Waals surface area (Å²) >= 11 is 6.01. The van der Waals surface area contributed by atoms with E-state index in [2.05, 4.69) is 20.7 Å². The lowest BCUT2D eigenvalue weighted by Gasteiger charge is -2.10. The summed E-state index contributed by atoms with van der Waals surface area (Å²) in [4.78, 5) is 12.7. The minimum Gasteiger partial charge on any atom is -0.355 e. The van der Waals surface area contributed by atoms with E-state index in [1.165, 1.54) is 18.2 Å². The van der Waals surface area contributed by atoms with E-state index in [0.717, 1.165) is 38.1 Å². The van der Waals surface area contributed by atoms with Gasteiger partial charge in [0.25, 0.3) is 5.91 Å². The molecule has 162 valence electrons. The zero-order valence-electron chi connectivity index (χ0n) is 17.0. The highest BCUT2D eigenvalue weighted by Gasteiger charge is 2.20. The second-order valence-corrected chi connectivity index (χ2v) is 8.07. The van der Waals surface area contributed by atoms with Crippen molar-refractivity contribution in [3.8, 4) is 22.7 Å². The molecule has 9 heteroatoms. The SMILES string of the molecule is O=C(Nc1ccc(F)c(-c2nnc3n2CCCCC3)c1)c1cc(-c2cccc(Cl)c2)on1. The van der Waals surface area contributed by atoms with Crippen LogP contribution in [0.5, 0.6) is 0 Å². The van der Waals surface area contributed by atoms with Crippen molar-refractivity contribution >= 4 is 23.2 Å². The molecule has 0 radical (unpaired) electrons. The van der Waals surface area contributed by atoms with Crippen LogP contribution in [-0.2, 0) is 13.0 Å². The van der Waals surface area contributed by atoms with Crippen molar-refractivity contribution in [3.63, 3.8) is 0 Å². The third-order valence-electron chi connectivity index (χ3n) is 5.43. The van der Waals surface area contributed by atoms with E-state index in [4.69, 9.17) is 16.1 Å². The summed E-state index contributed by atoms with van der Waals surface area (Å²) in [6, 6.07) is 13.0. The molecule has 1 aliphatic rings. The summed E-state index contributed by atoms with van der Waals surface area (Å²) in [5, 5.41) is 15.6. The Bertz CT molecular complexity index is 1300. The first-order chi connectivity index (χ1) is 15.6. The minimum atomic E-state index is -0.473. The highest BCUT2D eigenvalue weighted by atomic mass is 35.5. The van der Waals surface area contributed by atoms with Gasteiger partial charge < -0.3 is 14.4 Å². The fraction of sp³-hybridized carbons (Fsp3) is 0.217. The molecule has 32 heavy (non-hydrogen) atoms. The number of halogens is 2. The highest BCUT2D eigenvalue weighted by Crippen LogP contribution is 2.28. The monoisotopic (exact) mass is 451 g/mol. The van der Waals surface area contributed by atoms with E-state index in [-0.39, 0.29) is 5.69 Å². The second-order valence-electron chi connectivity index (χ2n) is 7.64. The van der Waals surface area contributed by atoms with Crippen LogP contribution in [0.15, 0.2) is 53.1 Å². The van der Waals surface area contributed by atoms with Crippen LogP contribution in [0.2, 0.25) is 5.02 Å². The van der Waals surface area contributed by atoms with E-state index in [1.54, 1.807) is 24.3 Å². The van der Waals surface area contributed by atoms with Crippen molar-refractivity contribution < 1.29 is 13.7 Å². The van der Waals surface area contributed by atoms with Gasteiger partial charge in [0, 0.05) is 35.3 Å². The lowest BCUT2D eigenvalue weighted by molar-refractivity contribution is 0.101. The molecule has 0 fully saturated rings. The van der Waals surface area contributed by atoms with Crippen molar-refractivity contribution in [2.24, 2.45) is 0 Å². The Hall–Kier alpha value is -3.52. The summed E-state index contributed by atoms with van der Waals surface area (Å²) in [7, 11) is 0. The molecule has 1 aliphatic heterocycles. The number of aromatic nitrogens is 4. The van der Waals surface area contributed by atoms with Gasteiger partial charge in [-0.1, -0.05) is 35.3 Å². The van der Waals surface area contributed by atoms with E-state index in [1.807, 2.05) is 10.6 Å². The number of aryl methyl sites for hydroxylation is 1. The zero-order valence-corrected chi connectivity index (χ0v) is 17.8. The molecule has 0 bridgehead atoms. The number of hydrogen-bond acceptors (Lipinski definition) is 5. The number of rotatable bonds is 4. The first-order valence-corrected chi connectivity index (χ1v) is 10.7. The maximum Gasteiger partial charge on any atom is 0.277 e. The van der Waals surface area contributed by atoms with Gasteiger partial charge in [-0.2, -0.15) is 0 Å². The van der Waals surface area contributed by atoms with Crippen molar-refractivity contribution in [3.05, 3.63) is 70.9 Å².